The van der Waals surface area contributed by atoms with Crippen LogP contribution in [-0.4, -0.2) is 17.2 Å². The highest BCUT2D eigenvalue weighted by Crippen LogP contribution is 2.12. The smallest absolute Gasteiger partial charge is 0.283 e. The quantitative estimate of drug-likeness (QED) is 0.731. The zero-order valence-corrected chi connectivity index (χ0v) is 9.51. The highest BCUT2D eigenvalue weighted by atomic mass is 32.3. The molecule has 0 heterocycles. The van der Waals surface area contributed by atoms with Crippen molar-refractivity contribution in [2.45, 2.75) is 12.7 Å². The molecule has 0 aliphatic heterocycles. The summed E-state index contributed by atoms with van der Waals surface area (Å²) in [6.45, 7) is 1.74. The van der Waals surface area contributed by atoms with Gasteiger partial charge in [-0.15, -0.1) is 0 Å². The summed E-state index contributed by atoms with van der Waals surface area (Å²) in [5.74, 6) is -0.451. The minimum absolute atomic E-state index is 0.451. The van der Waals surface area contributed by atoms with Crippen molar-refractivity contribution in [2.24, 2.45) is 0 Å². The van der Waals surface area contributed by atoms with Crippen LogP contribution >= 0.6 is 0 Å². The molecule has 7 heteroatoms. The van der Waals surface area contributed by atoms with Crippen LogP contribution < -0.4 is 0 Å². The van der Waals surface area contributed by atoms with Crippen LogP contribution in [0.15, 0.2) is 24.3 Å². The Kier molecular flexibility index (Phi) is 3.97. The Bertz CT molecular complexity index is 466. The first-order chi connectivity index (χ1) is 6.91. The number of hydrogen-bond donors (Lipinski definition) is 0. The van der Waals surface area contributed by atoms with Crippen LogP contribution in [0.2, 0.25) is 0 Å². The molecule has 0 N–H and O–H groups in total. The van der Waals surface area contributed by atoms with Crippen molar-refractivity contribution in [3.8, 4) is 0 Å². The summed E-state index contributed by atoms with van der Waals surface area (Å²) >= 11 is -3.05. The molecule has 0 aliphatic carbocycles. The zero-order valence-electron chi connectivity index (χ0n) is 7.87. The first kappa shape index (κ1) is 12.3. The van der Waals surface area contributed by atoms with Crippen LogP contribution in [0.3, 0.4) is 0 Å². The maximum atomic E-state index is 11.1. The standard InChI is InChI=1S/C8H10O5S2/c1-7-4-2-3-5-8(7)6-15(11,12)13-14(9)10/h2-5H,6H2,1H3,(H,9,10)/p-1. The van der Waals surface area contributed by atoms with Crippen LogP contribution in [-0.2, 0) is 30.9 Å². The van der Waals surface area contributed by atoms with Crippen molar-refractivity contribution in [3.63, 3.8) is 0 Å². The first-order valence-corrected chi connectivity index (χ1v) is 6.55. The van der Waals surface area contributed by atoms with E-state index in [1.807, 2.05) is 0 Å². The highest BCUT2D eigenvalue weighted by molar-refractivity contribution is 7.94. The van der Waals surface area contributed by atoms with E-state index in [1.54, 1.807) is 31.2 Å². The summed E-state index contributed by atoms with van der Waals surface area (Å²) in [4.78, 5) is 0. The minimum Gasteiger partial charge on any atom is -0.749 e. The Morgan fingerprint density at radius 3 is 2.53 bits per heavy atom. The lowest BCUT2D eigenvalue weighted by atomic mass is 10.1. The molecule has 0 amide bonds. The van der Waals surface area contributed by atoms with Gasteiger partial charge in [0.2, 0.25) is 0 Å². The van der Waals surface area contributed by atoms with E-state index in [2.05, 4.69) is 3.63 Å². The van der Waals surface area contributed by atoms with Gasteiger partial charge in [-0.05, 0) is 18.1 Å². The number of aryl methyl sites for hydroxylation is 1. The third-order valence-electron chi connectivity index (χ3n) is 1.75. The molecule has 1 rings (SSSR count). The lowest BCUT2D eigenvalue weighted by Crippen LogP contribution is -2.11. The summed E-state index contributed by atoms with van der Waals surface area (Å²) in [7, 11) is -4.07. The molecule has 5 nitrogen and oxygen atoms in total. The van der Waals surface area contributed by atoms with Crippen molar-refractivity contribution in [1.29, 1.82) is 0 Å². The van der Waals surface area contributed by atoms with Gasteiger partial charge in [0.25, 0.3) is 10.1 Å². The molecule has 84 valence electrons. The highest BCUT2D eigenvalue weighted by Gasteiger charge is 2.14. The van der Waals surface area contributed by atoms with Gasteiger partial charge in [0.1, 0.15) is 17.1 Å². The van der Waals surface area contributed by atoms with E-state index in [4.69, 9.17) is 0 Å². The van der Waals surface area contributed by atoms with Gasteiger partial charge in [0.05, 0.1) is 0 Å². The molecule has 0 saturated heterocycles. The number of hydrogen-bond acceptors (Lipinski definition) is 5. The second-order valence-electron chi connectivity index (χ2n) is 2.90. The summed E-state index contributed by atoms with van der Waals surface area (Å²) in [6.07, 6.45) is 0. The van der Waals surface area contributed by atoms with E-state index in [9.17, 15) is 17.2 Å². The van der Waals surface area contributed by atoms with E-state index >= 15 is 0 Å². The predicted octanol–water partition coefficient (Wildman–Crippen LogP) is 0.636. The molecule has 1 aromatic carbocycles. The van der Waals surface area contributed by atoms with Gasteiger partial charge in [-0.1, -0.05) is 24.3 Å². The predicted molar refractivity (Wildman–Crippen MR) is 53.8 cm³/mol. The van der Waals surface area contributed by atoms with E-state index in [0.29, 0.717) is 5.56 Å². The minimum atomic E-state index is -4.07. The Labute approximate surface area is 90.7 Å². The maximum Gasteiger partial charge on any atom is 0.283 e. The van der Waals surface area contributed by atoms with Crippen LogP contribution in [0.4, 0.5) is 0 Å². The normalized spacial score (nSPS) is 13.7. The topological polar surface area (TPSA) is 83.5 Å². The van der Waals surface area contributed by atoms with Gasteiger partial charge in [-0.3, -0.25) is 0 Å². The van der Waals surface area contributed by atoms with E-state index < -0.39 is 27.2 Å². The molecule has 0 bridgehead atoms. The van der Waals surface area contributed by atoms with Gasteiger partial charge in [-0.2, -0.15) is 12.0 Å². The fourth-order valence-electron chi connectivity index (χ4n) is 1.07. The molecule has 15 heavy (non-hydrogen) atoms. The van der Waals surface area contributed by atoms with Crippen molar-refractivity contribution >= 4 is 21.5 Å². The molecular weight excluding hydrogens is 240 g/mol. The third-order valence-corrected chi connectivity index (χ3v) is 3.69. The van der Waals surface area contributed by atoms with Crippen molar-refractivity contribution in [2.75, 3.05) is 0 Å². The SMILES string of the molecule is Cc1ccccc1CS(=O)(=O)OS(=O)[O-]. The van der Waals surface area contributed by atoms with Crippen molar-refractivity contribution in [1.82, 2.24) is 0 Å². The molecule has 0 saturated carbocycles. The van der Waals surface area contributed by atoms with Crippen molar-refractivity contribution < 1.29 is 20.8 Å². The lowest BCUT2D eigenvalue weighted by Gasteiger charge is -2.08. The summed E-state index contributed by atoms with van der Waals surface area (Å²) in [5, 5.41) is 0. The third kappa shape index (κ3) is 4.08. The fraction of sp³-hybridized carbons (Fsp3) is 0.250. The molecular formula is C8H9O5S2-. The van der Waals surface area contributed by atoms with Crippen LogP contribution in [0.5, 0.6) is 0 Å². The maximum absolute atomic E-state index is 11.1. The zero-order chi connectivity index (χ0) is 11.5. The van der Waals surface area contributed by atoms with Crippen LogP contribution in [0, 0.1) is 6.92 Å². The molecule has 0 aliphatic rings. The molecule has 0 fully saturated rings. The van der Waals surface area contributed by atoms with Crippen LogP contribution in [0.1, 0.15) is 11.1 Å². The van der Waals surface area contributed by atoms with Gasteiger partial charge in [-0.25, -0.2) is 4.21 Å². The molecule has 1 unspecified atom stereocenters. The van der Waals surface area contributed by atoms with E-state index in [0.717, 1.165) is 5.56 Å². The Morgan fingerprint density at radius 1 is 1.40 bits per heavy atom. The monoisotopic (exact) mass is 249 g/mol. The van der Waals surface area contributed by atoms with Gasteiger partial charge in [0, 0.05) is 0 Å². The Hall–Kier alpha value is -0.760. The van der Waals surface area contributed by atoms with Gasteiger partial charge in [0.15, 0.2) is 0 Å². The Morgan fingerprint density at radius 2 is 2.00 bits per heavy atom. The Balaban J connectivity index is 2.87. The second-order valence-corrected chi connectivity index (χ2v) is 5.26. The largest absolute Gasteiger partial charge is 0.749 e. The van der Waals surface area contributed by atoms with Gasteiger partial charge >= 0.3 is 0 Å². The molecule has 1 atom stereocenters. The van der Waals surface area contributed by atoms with Gasteiger partial charge < -0.3 is 4.55 Å². The lowest BCUT2D eigenvalue weighted by molar-refractivity contribution is 0.429. The average Bonchev–Trinajstić information content (AvgIpc) is 2.06. The number of benzene rings is 1. The van der Waals surface area contributed by atoms with E-state index in [1.165, 1.54) is 0 Å². The summed E-state index contributed by atoms with van der Waals surface area (Å²) in [5.41, 5.74) is 1.28. The molecule has 0 aromatic heterocycles. The molecule has 0 spiro atoms. The number of rotatable bonds is 4. The fourth-order valence-corrected chi connectivity index (χ4v) is 2.65. The molecule has 1 aromatic rings. The molecule has 0 radical (unpaired) electrons. The average molecular weight is 249 g/mol. The van der Waals surface area contributed by atoms with E-state index in [-0.39, 0.29) is 0 Å². The van der Waals surface area contributed by atoms with Crippen LogP contribution in [0.25, 0.3) is 0 Å². The summed E-state index contributed by atoms with van der Waals surface area (Å²) < 4.78 is 46.3. The second kappa shape index (κ2) is 4.84. The first-order valence-electron chi connectivity index (χ1n) is 3.97. The summed E-state index contributed by atoms with van der Waals surface area (Å²) in [6, 6.07) is 6.77. The van der Waals surface area contributed by atoms with Crippen molar-refractivity contribution in [3.05, 3.63) is 35.4 Å².